The van der Waals surface area contributed by atoms with Crippen molar-refractivity contribution in [3.63, 3.8) is 0 Å². The molecule has 6 nitrogen and oxygen atoms in total. The number of hydrogen-bond donors (Lipinski definition) is 1. The van der Waals surface area contributed by atoms with Crippen molar-refractivity contribution in [2.45, 2.75) is 32.3 Å². The molecule has 31 heavy (non-hydrogen) atoms. The Morgan fingerprint density at radius 1 is 1.13 bits per heavy atom. The Labute approximate surface area is 193 Å². The maximum absolute atomic E-state index is 11.5. The molecule has 0 spiro atoms. The molecule has 168 valence electrons. The SMILES string of the molecule is COc1cc(OCCCN2CCC(Oc3ccc(Cl)cc3)CC2)c(NC(C)=O)cc1Cl. The molecule has 1 N–H and O–H groups in total. The van der Waals surface area contributed by atoms with E-state index >= 15 is 0 Å². The molecule has 0 unspecified atom stereocenters. The summed E-state index contributed by atoms with van der Waals surface area (Å²) < 4.78 is 17.2. The Kier molecular flexibility index (Phi) is 8.69. The predicted octanol–water partition coefficient (Wildman–Crippen LogP) is 5.27. The minimum atomic E-state index is -0.185. The highest BCUT2D eigenvalue weighted by molar-refractivity contribution is 6.32. The maximum atomic E-state index is 11.5. The van der Waals surface area contributed by atoms with Crippen LogP contribution in [0.3, 0.4) is 0 Å². The average Bonchev–Trinajstić information content (AvgIpc) is 2.75. The average molecular weight is 467 g/mol. The van der Waals surface area contributed by atoms with Crippen molar-refractivity contribution >= 4 is 34.8 Å². The van der Waals surface area contributed by atoms with Crippen LogP contribution in [0.2, 0.25) is 10.0 Å². The fourth-order valence-electron chi connectivity index (χ4n) is 3.52. The summed E-state index contributed by atoms with van der Waals surface area (Å²) in [7, 11) is 1.54. The van der Waals surface area contributed by atoms with E-state index < -0.39 is 0 Å². The monoisotopic (exact) mass is 466 g/mol. The molecule has 1 aliphatic heterocycles. The number of halogens is 2. The molecule has 2 aromatic carbocycles. The third-order valence-electron chi connectivity index (χ3n) is 5.09. The van der Waals surface area contributed by atoms with Crippen LogP contribution in [0.1, 0.15) is 26.2 Å². The Balaban J connectivity index is 1.42. The maximum Gasteiger partial charge on any atom is 0.221 e. The van der Waals surface area contributed by atoms with Gasteiger partial charge in [-0.1, -0.05) is 23.2 Å². The van der Waals surface area contributed by atoms with Crippen molar-refractivity contribution in [1.29, 1.82) is 0 Å². The van der Waals surface area contributed by atoms with E-state index in [4.69, 9.17) is 37.4 Å². The first-order chi connectivity index (χ1) is 14.9. The molecule has 1 saturated heterocycles. The Morgan fingerprint density at radius 2 is 1.84 bits per heavy atom. The molecule has 0 aliphatic carbocycles. The third-order valence-corrected chi connectivity index (χ3v) is 5.64. The van der Waals surface area contributed by atoms with Crippen molar-refractivity contribution in [2.24, 2.45) is 0 Å². The number of likely N-dealkylation sites (tertiary alicyclic amines) is 1. The number of methoxy groups -OCH3 is 1. The molecule has 0 radical (unpaired) electrons. The van der Waals surface area contributed by atoms with Crippen LogP contribution in [-0.4, -0.2) is 50.3 Å². The van der Waals surface area contributed by atoms with Crippen molar-refractivity contribution in [3.05, 3.63) is 46.4 Å². The number of rotatable bonds is 9. The van der Waals surface area contributed by atoms with Gasteiger partial charge in [0.1, 0.15) is 23.4 Å². The van der Waals surface area contributed by atoms with Gasteiger partial charge in [-0.05, 0) is 49.6 Å². The van der Waals surface area contributed by atoms with E-state index in [1.165, 1.54) is 6.92 Å². The number of benzene rings is 2. The molecule has 0 bridgehead atoms. The molecule has 1 fully saturated rings. The number of ether oxygens (including phenoxy) is 3. The van der Waals surface area contributed by atoms with Gasteiger partial charge in [-0.3, -0.25) is 4.79 Å². The standard InChI is InChI=1S/C23H28Cl2N2O4/c1-16(28)26-21-14-20(25)22(29-2)15-23(21)30-13-3-10-27-11-8-19(9-12-27)31-18-6-4-17(24)5-7-18/h4-7,14-15,19H,3,8-13H2,1-2H3,(H,26,28). The highest BCUT2D eigenvalue weighted by atomic mass is 35.5. The minimum Gasteiger partial charge on any atom is -0.495 e. The molecule has 0 atom stereocenters. The van der Waals surface area contributed by atoms with Crippen LogP contribution in [0.4, 0.5) is 5.69 Å². The molecule has 1 amide bonds. The molecule has 2 aromatic rings. The summed E-state index contributed by atoms with van der Waals surface area (Å²) in [6.45, 7) is 4.89. The van der Waals surface area contributed by atoms with Crippen LogP contribution in [0, 0.1) is 0 Å². The first kappa shape index (κ1) is 23.5. The third kappa shape index (κ3) is 7.20. The Hall–Kier alpha value is -2.15. The van der Waals surface area contributed by atoms with Gasteiger partial charge in [-0.25, -0.2) is 0 Å². The lowest BCUT2D eigenvalue weighted by atomic mass is 10.1. The molecule has 1 aliphatic rings. The van der Waals surface area contributed by atoms with Gasteiger partial charge in [0.05, 0.1) is 24.4 Å². The van der Waals surface area contributed by atoms with Crippen molar-refractivity contribution < 1.29 is 19.0 Å². The number of nitrogens with zero attached hydrogens (tertiary/aromatic N) is 1. The van der Waals surface area contributed by atoms with E-state index in [1.54, 1.807) is 19.2 Å². The van der Waals surface area contributed by atoms with Crippen molar-refractivity contribution in [2.75, 3.05) is 38.7 Å². The highest BCUT2D eigenvalue weighted by Gasteiger charge is 2.20. The van der Waals surface area contributed by atoms with E-state index in [0.717, 1.165) is 44.6 Å². The predicted molar refractivity (Wildman–Crippen MR) is 124 cm³/mol. The van der Waals surface area contributed by atoms with Crippen LogP contribution < -0.4 is 19.5 Å². The molecular weight excluding hydrogens is 439 g/mol. The lowest BCUT2D eigenvalue weighted by Gasteiger charge is -2.32. The normalized spacial score (nSPS) is 14.8. The fraction of sp³-hybridized carbons (Fsp3) is 0.435. The summed E-state index contributed by atoms with van der Waals surface area (Å²) >= 11 is 12.1. The van der Waals surface area contributed by atoms with Gasteiger partial charge in [-0.15, -0.1) is 0 Å². The van der Waals surface area contributed by atoms with E-state index in [1.807, 2.05) is 24.3 Å². The number of amides is 1. The number of hydrogen-bond acceptors (Lipinski definition) is 5. The second-order valence-electron chi connectivity index (χ2n) is 7.48. The quantitative estimate of drug-likeness (QED) is 0.509. The molecule has 3 rings (SSSR count). The Bertz CT molecular complexity index is 869. The minimum absolute atomic E-state index is 0.185. The zero-order valence-electron chi connectivity index (χ0n) is 17.8. The van der Waals surface area contributed by atoms with Crippen molar-refractivity contribution in [1.82, 2.24) is 4.90 Å². The van der Waals surface area contributed by atoms with Gasteiger partial charge in [0.25, 0.3) is 0 Å². The van der Waals surface area contributed by atoms with Gasteiger partial charge in [0.15, 0.2) is 0 Å². The molecule has 0 saturated carbocycles. The lowest BCUT2D eigenvalue weighted by Crippen LogP contribution is -2.39. The second-order valence-corrected chi connectivity index (χ2v) is 8.32. The number of piperidine rings is 1. The molecule has 8 heteroatoms. The lowest BCUT2D eigenvalue weighted by molar-refractivity contribution is -0.114. The smallest absolute Gasteiger partial charge is 0.221 e. The fourth-order valence-corrected chi connectivity index (χ4v) is 3.89. The van der Waals surface area contributed by atoms with Gasteiger partial charge >= 0.3 is 0 Å². The van der Waals surface area contributed by atoms with Crippen LogP contribution in [0.5, 0.6) is 17.2 Å². The molecule has 1 heterocycles. The summed E-state index contributed by atoms with van der Waals surface area (Å²) in [6, 6.07) is 10.9. The van der Waals surface area contributed by atoms with E-state index in [0.29, 0.717) is 33.8 Å². The molecule has 0 aromatic heterocycles. The van der Waals surface area contributed by atoms with E-state index in [-0.39, 0.29) is 12.0 Å². The summed E-state index contributed by atoms with van der Waals surface area (Å²) in [6.07, 6.45) is 3.08. The zero-order valence-corrected chi connectivity index (χ0v) is 19.3. The topological polar surface area (TPSA) is 60.0 Å². The summed E-state index contributed by atoms with van der Waals surface area (Å²) in [4.78, 5) is 13.9. The zero-order chi connectivity index (χ0) is 22.2. The Morgan fingerprint density at radius 3 is 2.48 bits per heavy atom. The van der Waals surface area contributed by atoms with E-state index in [2.05, 4.69) is 10.2 Å². The number of carbonyl (C=O) groups excluding carboxylic acids is 1. The number of nitrogens with one attached hydrogen (secondary N) is 1. The summed E-state index contributed by atoms with van der Waals surface area (Å²) in [5.74, 6) is 1.74. The highest BCUT2D eigenvalue weighted by Crippen LogP contribution is 2.36. The van der Waals surface area contributed by atoms with Crippen LogP contribution >= 0.6 is 23.2 Å². The van der Waals surface area contributed by atoms with Crippen LogP contribution in [0.15, 0.2) is 36.4 Å². The summed E-state index contributed by atoms with van der Waals surface area (Å²) in [5.41, 5.74) is 0.540. The second kappa shape index (κ2) is 11.5. The summed E-state index contributed by atoms with van der Waals surface area (Å²) in [5, 5.41) is 3.88. The van der Waals surface area contributed by atoms with Gasteiger partial charge in [0.2, 0.25) is 5.91 Å². The van der Waals surface area contributed by atoms with Crippen molar-refractivity contribution in [3.8, 4) is 17.2 Å². The molecular formula is C23H28Cl2N2O4. The largest absolute Gasteiger partial charge is 0.495 e. The first-order valence-electron chi connectivity index (χ1n) is 10.4. The number of carbonyl (C=O) groups is 1. The van der Waals surface area contributed by atoms with Crippen LogP contribution in [0.25, 0.3) is 0 Å². The van der Waals surface area contributed by atoms with Gasteiger partial charge in [0, 0.05) is 37.6 Å². The van der Waals surface area contributed by atoms with E-state index in [9.17, 15) is 4.79 Å². The van der Waals surface area contributed by atoms with Gasteiger partial charge < -0.3 is 24.4 Å². The number of anilines is 1. The van der Waals surface area contributed by atoms with Crippen LogP contribution in [-0.2, 0) is 4.79 Å². The first-order valence-corrected chi connectivity index (χ1v) is 11.1. The van der Waals surface area contributed by atoms with Gasteiger partial charge in [-0.2, -0.15) is 0 Å².